The predicted octanol–water partition coefficient (Wildman–Crippen LogP) is 5.00. The lowest BCUT2D eigenvalue weighted by Crippen LogP contribution is -2.39. The summed E-state index contributed by atoms with van der Waals surface area (Å²) in [6.07, 6.45) is 6.32. The van der Waals surface area contributed by atoms with Crippen LogP contribution in [0.2, 0.25) is 0 Å². The zero-order chi connectivity index (χ0) is 21.5. The summed E-state index contributed by atoms with van der Waals surface area (Å²) >= 11 is 0. The minimum atomic E-state index is -0.357. The van der Waals surface area contributed by atoms with Crippen molar-refractivity contribution in [3.05, 3.63) is 70.8 Å². The van der Waals surface area contributed by atoms with E-state index in [0.29, 0.717) is 6.54 Å². The van der Waals surface area contributed by atoms with Crippen LogP contribution in [0.4, 0.5) is 4.79 Å². The van der Waals surface area contributed by atoms with E-state index in [0.717, 1.165) is 38.8 Å². The Balaban J connectivity index is 1.22. The number of likely N-dealkylation sites (tertiary alicyclic amines) is 1. The number of nitrogens with zero attached hydrogens (tertiary/aromatic N) is 2. The molecule has 5 heteroatoms. The molecule has 166 valence electrons. The standard InChI is InChI=1S/C26H35N3O2/c1-21-7-13-24(14-8-21)25-6-2-3-19-29(25)31-26(30)27-16-15-22-9-11-23(12-10-22)20-28-17-4-5-18-28/h7-14,25H,2-6,15-20H2,1H3,(H,27,30). The van der Waals surface area contributed by atoms with Gasteiger partial charge in [-0.1, -0.05) is 60.5 Å². The summed E-state index contributed by atoms with van der Waals surface area (Å²) in [5, 5.41) is 4.78. The predicted molar refractivity (Wildman–Crippen MR) is 124 cm³/mol. The van der Waals surface area contributed by atoms with Crippen LogP contribution in [0.3, 0.4) is 0 Å². The molecule has 1 N–H and O–H groups in total. The molecule has 2 aromatic rings. The van der Waals surface area contributed by atoms with E-state index < -0.39 is 0 Å². The van der Waals surface area contributed by atoms with E-state index in [2.05, 4.69) is 65.7 Å². The third-order valence-electron chi connectivity index (χ3n) is 6.43. The number of benzene rings is 2. The number of carbonyl (C=O) groups excluding carboxylic acids is 1. The minimum Gasteiger partial charge on any atom is -0.350 e. The molecular weight excluding hydrogens is 386 g/mol. The van der Waals surface area contributed by atoms with Crippen molar-refractivity contribution >= 4 is 6.09 Å². The molecule has 1 atom stereocenters. The number of piperidine rings is 1. The molecule has 1 amide bonds. The van der Waals surface area contributed by atoms with Gasteiger partial charge in [0.1, 0.15) is 0 Å². The van der Waals surface area contributed by atoms with E-state index in [9.17, 15) is 4.79 Å². The van der Waals surface area contributed by atoms with Crippen LogP contribution in [0.1, 0.15) is 60.4 Å². The highest BCUT2D eigenvalue weighted by atomic mass is 16.7. The Morgan fingerprint density at radius 3 is 2.35 bits per heavy atom. The van der Waals surface area contributed by atoms with Crippen molar-refractivity contribution in [2.75, 3.05) is 26.2 Å². The topological polar surface area (TPSA) is 44.8 Å². The van der Waals surface area contributed by atoms with Gasteiger partial charge in [-0.25, -0.2) is 4.79 Å². The fourth-order valence-electron chi connectivity index (χ4n) is 4.59. The number of hydrogen-bond acceptors (Lipinski definition) is 4. The minimum absolute atomic E-state index is 0.142. The van der Waals surface area contributed by atoms with Crippen LogP contribution in [0.25, 0.3) is 0 Å². The van der Waals surface area contributed by atoms with Gasteiger partial charge in [0, 0.05) is 19.6 Å². The highest BCUT2D eigenvalue weighted by Gasteiger charge is 2.27. The molecule has 0 aliphatic carbocycles. The number of nitrogens with one attached hydrogen (secondary N) is 1. The summed E-state index contributed by atoms with van der Waals surface area (Å²) in [6, 6.07) is 17.5. The summed E-state index contributed by atoms with van der Waals surface area (Å²) in [7, 11) is 0. The summed E-state index contributed by atoms with van der Waals surface area (Å²) in [5.41, 5.74) is 5.06. The third-order valence-corrected chi connectivity index (χ3v) is 6.43. The van der Waals surface area contributed by atoms with E-state index in [4.69, 9.17) is 4.84 Å². The average molecular weight is 422 g/mol. The molecule has 2 saturated heterocycles. The summed E-state index contributed by atoms with van der Waals surface area (Å²) < 4.78 is 0. The first-order valence-corrected chi connectivity index (χ1v) is 11.8. The second-order valence-corrected chi connectivity index (χ2v) is 8.92. The molecule has 2 aromatic carbocycles. The number of hydrogen-bond donors (Lipinski definition) is 1. The Morgan fingerprint density at radius 2 is 1.61 bits per heavy atom. The molecule has 4 rings (SSSR count). The van der Waals surface area contributed by atoms with Gasteiger partial charge < -0.3 is 10.2 Å². The normalized spacial score (nSPS) is 20.0. The third kappa shape index (κ3) is 6.31. The molecule has 31 heavy (non-hydrogen) atoms. The van der Waals surface area contributed by atoms with Crippen molar-refractivity contribution in [1.29, 1.82) is 0 Å². The number of rotatable bonds is 7. The van der Waals surface area contributed by atoms with Gasteiger partial charge in [0.25, 0.3) is 0 Å². The van der Waals surface area contributed by atoms with Crippen LogP contribution in [0.5, 0.6) is 0 Å². The van der Waals surface area contributed by atoms with Gasteiger partial charge in [0.2, 0.25) is 0 Å². The second kappa shape index (κ2) is 10.8. The van der Waals surface area contributed by atoms with Crippen LogP contribution in [0, 0.1) is 6.92 Å². The van der Waals surface area contributed by atoms with Crippen LogP contribution >= 0.6 is 0 Å². The quantitative estimate of drug-likeness (QED) is 0.683. The second-order valence-electron chi connectivity index (χ2n) is 8.92. The van der Waals surface area contributed by atoms with Gasteiger partial charge in [-0.2, -0.15) is 0 Å². The van der Waals surface area contributed by atoms with E-state index in [-0.39, 0.29) is 12.1 Å². The number of aryl methyl sites for hydroxylation is 1. The fourth-order valence-corrected chi connectivity index (χ4v) is 4.59. The van der Waals surface area contributed by atoms with Gasteiger partial charge in [0.05, 0.1) is 6.04 Å². The molecule has 1 unspecified atom stereocenters. The number of amides is 1. The van der Waals surface area contributed by atoms with Crippen LogP contribution in [-0.2, 0) is 17.8 Å². The van der Waals surface area contributed by atoms with Crippen LogP contribution in [0.15, 0.2) is 48.5 Å². The lowest BCUT2D eigenvalue weighted by molar-refractivity contribution is -0.147. The van der Waals surface area contributed by atoms with E-state index in [1.807, 2.05) is 5.06 Å². The Hall–Kier alpha value is -2.37. The van der Waals surface area contributed by atoms with Crippen molar-refractivity contribution in [2.45, 2.75) is 58.0 Å². The van der Waals surface area contributed by atoms with Crippen molar-refractivity contribution < 1.29 is 9.63 Å². The average Bonchev–Trinajstić information content (AvgIpc) is 3.29. The molecule has 0 spiro atoms. The van der Waals surface area contributed by atoms with Gasteiger partial charge >= 0.3 is 6.09 Å². The molecule has 0 saturated carbocycles. The fraction of sp³-hybridized carbons (Fsp3) is 0.500. The van der Waals surface area contributed by atoms with Crippen LogP contribution in [-0.4, -0.2) is 42.2 Å². The molecule has 2 heterocycles. The Labute approximate surface area is 186 Å². The number of hydroxylamine groups is 2. The maximum Gasteiger partial charge on any atom is 0.426 e. The van der Waals surface area contributed by atoms with E-state index in [1.165, 1.54) is 48.2 Å². The molecule has 0 radical (unpaired) electrons. The first-order chi connectivity index (χ1) is 15.2. The monoisotopic (exact) mass is 421 g/mol. The zero-order valence-electron chi connectivity index (χ0n) is 18.7. The maximum atomic E-state index is 12.4. The first kappa shape index (κ1) is 21.8. The highest BCUT2D eigenvalue weighted by molar-refractivity contribution is 5.66. The molecule has 0 aromatic heterocycles. The lowest BCUT2D eigenvalue weighted by atomic mass is 9.96. The molecule has 2 fully saturated rings. The van der Waals surface area contributed by atoms with Gasteiger partial charge in [0.15, 0.2) is 0 Å². The molecular formula is C26H35N3O2. The zero-order valence-corrected chi connectivity index (χ0v) is 18.7. The van der Waals surface area contributed by atoms with E-state index in [1.54, 1.807) is 0 Å². The van der Waals surface area contributed by atoms with Crippen LogP contribution < -0.4 is 5.32 Å². The summed E-state index contributed by atoms with van der Waals surface area (Å²) in [4.78, 5) is 20.6. The highest BCUT2D eigenvalue weighted by Crippen LogP contribution is 2.31. The lowest BCUT2D eigenvalue weighted by Gasteiger charge is -2.34. The van der Waals surface area contributed by atoms with E-state index >= 15 is 0 Å². The molecule has 2 aliphatic rings. The van der Waals surface area contributed by atoms with Gasteiger partial charge in [-0.15, -0.1) is 5.06 Å². The van der Waals surface area contributed by atoms with Crippen molar-refractivity contribution in [1.82, 2.24) is 15.3 Å². The Bertz CT molecular complexity index is 829. The summed E-state index contributed by atoms with van der Waals surface area (Å²) in [6.45, 7) is 6.93. The largest absolute Gasteiger partial charge is 0.426 e. The van der Waals surface area contributed by atoms with Gasteiger partial charge in [-0.05, 0) is 68.8 Å². The molecule has 2 aliphatic heterocycles. The maximum absolute atomic E-state index is 12.4. The van der Waals surface area contributed by atoms with Crippen molar-refractivity contribution in [3.63, 3.8) is 0 Å². The van der Waals surface area contributed by atoms with Crippen molar-refractivity contribution in [3.8, 4) is 0 Å². The SMILES string of the molecule is Cc1ccc(C2CCCCN2OC(=O)NCCc2ccc(CN3CCCC3)cc2)cc1. The Kier molecular flexibility index (Phi) is 7.60. The van der Waals surface area contributed by atoms with Gasteiger partial charge in [-0.3, -0.25) is 4.90 Å². The Morgan fingerprint density at radius 1 is 0.935 bits per heavy atom. The molecule has 5 nitrogen and oxygen atoms in total. The summed E-state index contributed by atoms with van der Waals surface area (Å²) in [5.74, 6) is 0. The van der Waals surface area contributed by atoms with Crippen molar-refractivity contribution in [2.24, 2.45) is 0 Å². The first-order valence-electron chi connectivity index (χ1n) is 11.8. The smallest absolute Gasteiger partial charge is 0.350 e. The number of carbonyl (C=O) groups is 1. The molecule has 0 bridgehead atoms.